The number of hydrogen-bond acceptors (Lipinski definition) is 6. The molecule has 1 aromatic heterocycles. The molecule has 0 bridgehead atoms. The standard InChI is InChI=1S/C17H14N2O2.C6H13NO.CH4O/c1-19-15-11-14(8-9-16(15)21-17(19)20)13-6-4-12(5-7-13)3-2-10-18;1-6-4-7-2-3-8-5-6;1-2/h4-9,11H,2-3H2,1H3;6-7H,2-5H2,1H3;2H,1H3. The largest absolute Gasteiger partial charge is 0.419 e. The van der Waals surface area contributed by atoms with Crippen molar-refractivity contribution >= 4 is 11.1 Å². The molecule has 2 N–H and O–H groups in total. The maximum atomic E-state index is 11.5. The molecule has 1 saturated heterocycles. The Kier molecular flexibility index (Phi) is 9.98. The van der Waals surface area contributed by atoms with E-state index < -0.39 is 0 Å². The average molecular weight is 426 g/mol. The molecule has 0 amide bonds. The molecule has 3 aromatic rings. The van der Waals surface area contributed by atoms with Gasteiger partial charge in [-0.05, 0) is 47.7 Å². The normalized spacial score (nSPS) is 15.6. The van der Waals surface area contributed by atoms with Crippen LogP contribution in [0.1, 0.15) is 18.9 Å². The van der Waals surface area contributed by atoms with Crippen molar-refractivity contribution in [3.63, 3.8) is 0 Å². The summed E-state index contributed by atoms with van der Waals surface area (Å²) in [5.74, 6) is 0.339. The Labute approximate surface area is 182 Å². The predicted octanol–water partition coefficient (Wildman–Crippen LogP) is 3.11. The molecule has 1 aliphatic rings. The Hall–Kier alpha value is -2.92. The molecular formula is C24H31N3O4. The first kappa shape index (κ1) is 24.4. The van der Waals surface area contributed by atoms with E-state index in [1.54, 1.807) is 7.05 Å². The van der Waals surface area contributed by atoms with Crippen LogP contribution in [0.3, 0.4) is 0 Å². The second-order valence-electron chi connectivity index (χ2n) is 7.35. The zero-order chi connectivity index (χ0) is 22.6. The minimum absolute atomic E-state index is 0.353. The molecule has 0 radical (unpaired) electrons. The van der Waals surface area contributed by atoms with Crippen LogP contribution in [0.4, 0.5) is 0 Å². The number of aliphatic hydroxyl groups excluding tert-OH is 1. The second kappa shape index (κ2) is 12.7. The number of nitrogens with zero attached hydrogens (tertiary/aromatic N) is 2. The van der Waals surface area contributed by atoms with Gasteiger partial charge in [0.25, 0.3) is 0 Å². The van der Waals surface area contributed by atoms with Crippen LogP contribution in [0, 0.1) is 17.2 Å². The summed E-state index contributed by atoms with van der Waals surface area (Å²) in [7, 11) is 2.70. The van der Waals surface area contributed by atoms with Gasteiger partial charge in [0, 0.05) is 27.1 Å². The lowest BCUT2D eigenvalue weighted by atomic mass is 10.0. The van der Waals surface area contributed by atoms with Gasteiger partial charge >= 0.3 is 5.76 Å². The van der Waals surface area contributed by atoms with Crippen molar-refractivity contribution in [2.24, 2.45) is 13.0 Å². The Morgan fingerprint density at radius 1 is 1.19 bits per heavy atom. The number of aliphatic hydroxyl groups is 1. The molecule has 166 valence electrons. The molecule has 1 atom stereocenters. The predicted molar refractivity (Wildman–Crippen MR) is 122 cm³/mol. The van der Waals surface area contributed by atoms with Crippen LogP contribution < -0.4 is 11.1 Å². The maximum Gasteiger partial charge on any atom is 0.419 e. The van der Waals surface area contributed by atoms with Crippen molar-refractivity contribution in [3.8, 4) is 17.2 Å². The van der Waals surface area contributed by atoms with Crippen molar-refractivity contribution < 1.29 is 14.3 Å². The number of aryl methyl sites for hydroxylation is 2. The van der Waals surface area contributed by atoms with Gasteiger partial charge in [0.15, 0.2) is 5.58 Å². The molecule has 0 aliphatic carbocycles. The fourth-order valence-corrected chi connectivity index (χ4v) is 3.21. The van der Waals surface area contributed by atoms with E-state index in [-0.39, 0.29) is 5.76 Å². The lowest BCUT2D eigenvalue weighted by molar-refractivity contribution is 0.128. The highest BCUT2D eigenvalue weighted by Crippen LogP contribution is 2.24. The van der Waals surface area contributed by atoms with Gasteiger partial charge < -0.3 is 19.6 Å². The van der Waals surface area contributed by atoms with E-state index in [0.717, 1.165) is 62.0 Å². The highest BCUT2D eigenvalue weighted by molar-refractivity contribution is 5.80. The molecule has 1 aliphatic heterocycles. The van der Waals surface area contributed by atoms with Gasteiger partial charge in [0.1, 0.15) is 0 Å². The summed E-state index contributed by atoms with van der Waals surface area (Å²) >= 11 is 0. The number of aromatic nitrogens is 1. The molecule has 2 aromatic carbocycles. The minimum Gasteiger partial charge on any atom is -0.408 e. The average Bonchev–Trinajstić information content (AvgIpc) is 2.95. The van der Waals surface area contributed by atoms with Crippen molar-refractivity contribution in [1.82, 2.24) is 9.88 Å². The fraction of sp³-hybridized carbons (Fsp3) is 0.417. The zero-order valence-corrected chi connectivity index (χ0v) is 18.4. The third-order valence-corrected chi connectivity index (χ3v) is 4.92. The summed E-state index contributed by atoms with van der Waals surface area (Å²) in [5, 5.41) is 18.9. The topological polar surface area (TPSA) is 100 Å². The molecule has 2 heterocycles. The Morgan fingerprint density at radius 3 is 2.61 bits per heavy atom. The zero-order valence-electron chi connectivity index (χ0n) is 18.4. The van der Waals surface area contributed by atoms with Crippen LogP contribution in [0.2, 0.25) is 0 Å². The molecule has 31 heavy (non-hydrogen) atoms. The van der Waals surface area contributed by atoms with Gasteiger partial charge in [-0.1, -0.05) is 37.3 Å². The van der Waals surface area contributed by atoms with Gasteiger partial charge in [-0.3, -0.25) is 4.57 Å². The molecule has 0 spiro atoms. The summed E-state index contributed by atoms with van der Waals surface area (Å²) in [5.41, 5.74) is 4.64. The van der Waals surface area contributed by atoms with Crippen molar-refractivity contribution in [2.75, 3.05) is 33.4 Å². The summed E-state index contributed by atoms with van der Waals surface area (Å²) in [6.07, 6.45) is 1.30. The van der Waals surface area contributed by atoms with E-state index in [9.17, 15) is 4.79 Å². The van der Waals surface area contributed by atoms with Gasteiger partial charge in [-0.15, -0.1) is 0 Å². The fourth-order valence-electron chi connectivity index (χ4n) is 3.21. The smallest absolute Gasteiger partial charge is 0.408 e. The molecule has 0 saturated carbocycles. The third-order valence-electron chi connectivity index (χ3n) is 4.92. The van der Waals surface area contributed by atoms with E-state index in [2.05, 4.69) is 18.3 Å². The van der Waals surface area contributed by atoms with E-state index in [4.69, 9.17) is 19.5 Å². The monoisotopic (exact) mass is 425 g/mol. The highest BCUT2D eigenvalue weighted by Gasteiger charge is 2.07. The number of nitrogens with one attached hydrogen (secondary N) is 1. The lowest BCUT2D eigenvalue weighted by Crippen LogP contribution is -2.20. The number of rotatable bonds is 3. The Balaban J connectivity index is 0.000000286. The van der Waals surface area contributed by atoms with E-state index in [0.29, 0.717) is 17.9 Å². The van der Waals surface area contributed by atoms with Crippen molar-refractivity contribution in [1.29, 1.82) is 5.26 Å². The molecular weight excluding hydrogens is 394 g/mol. The first-order valence-electron chi connectivity index (χ1n) is 10.4. The second-order valence-corrected chi connectivity index (χ2v) is 7.35. The summed E-state index contributed by atoms with van der Waals surface area (Å²) in [6.45, 7) is 6.12. The van der Waals surface area contributed by atoms with E-state index in [1.807, 2.05) is 42.5 Å². The summed E-state index contributed by atoms with van der Waals surface area (Å²) < 4.78 is 11.9. The SMILES string of the molecule is CC1CNCCOC1.CO.Cn1c(=O)oc2ccc(-c3ccc(CCC#N)cc3)cc21. The molecule has 7 nitrogen and oxygen atoms in total. The maximum absolute atomic E-state index is 11.5. The van der Waals surface area contributed by atoms with Crippen LogP contribution in [0.15, 0.2) is 51.7 Å². The van der Waals surface area contributed by atoms with Crippen LogP contribution in [-0.2, 0) is 18.2 Å². The number of hydrogen-bond donors (Lipinski definition) is 2. The number of oxazole rings is 1. The number of fused-ring (bicyclic) bond motifs is 1. The Bertz CT molecular complexity index is 1020. The van der Waals surface area contributed by atoms with Gasteiger partial charge in [0.2, 0.25) is 0 Å². The van der Waals surface area contributed by atoms with Crippen molar-refractivity contribution in [3.05, 3.63) is 58.6 Å². The number of nitriles is 1. The van der Waals surface area contributed by atoms with E-state index in [1.165, 1.54) is 4.57 Å². The molecule has 7 heteroatoms. The molecule has 1 unspecified atom stereocenters. The Morgan fingerprint density at radius 2 is 1.90 bits per heavy atom. The quantitative estimate of drug-likeness (QED) is 0.669. The van der Waals surface area contributed by atoms with Crippen molar-refractivity contribution in [2.45, 2.75) is 19.8 Å². The summed E-state index contributed by atoms with van der Waals surface area (Å²) in [6, 6.07) is 16.0. The third kappa shape index (κ3) is 7.07. The number of benzene rings is 2. The molecule has 4 rings (SSSR count). The van der Waals surface area contributed by atoms with Gasteiger partial charge in [0.05, 0.1) is 24.8 Å². The van der Waals surface area contributed by atoms with Crippen LogP contribution in [0.25, 0.3) is 22.2 Å². The number of ether oxygens (including phenoxy) is 1. The first-order valence-corrected chi connectivity index (χ1v) is 10.4. The van der Waals surface area contributed by atoms with Gasteiger partial charge in [-0.2, -0.15) is 5.26 Å². The van der Waals surface area contributed by atoms with Gasteiger partial charge in [-0.25, -0.2) is 4.79 Å². The first-order chi connectivity index (χ1) is 15.1. The van der Waals surface area contributed by atoms with Crippen LogP contribution >= 0.6 is 0 Å². The lowest BCUT2D eigenvalue weighted by Gasteiger charge is -2.04. The van der Waals surface area contributed by atoms with Crippen LogP contribution in [0.5, 0.6) is 0 Å². The highest BCUT2D eigenvalue weighted by atomic mass is 16.5. The van der Waals surface area contributed by atoms with E-state index >= 15 is 0 Å². The molecule has 1 fully saturated rings. The minimum atomic E-state index is -0.353. The van der Waals surface area contributed by atoms with Crippen LogP contribution in [-0.4, -0.2) is 43.1 Å². The summed E-state index contributed by atoms with van der Waals surface area (Å²) in [4.78, 5) is 11.5.